The summed E-state index contributed by atoms with van der Waals surface area (Å²) < 4.78 is 6.26. The van der Waals surface area contributed by atoms with Gasteiger partial charge in [0.05, 0.1) is 6.20 Å². The highest BCUT2D eigenvalue weighted by Crippen LogP contribution is 2.57. The molecule has 4 aliphatic carbocycles. The molecule has 0 unspecified atom stereocenters. The van der Waals surface area contributed by atoms with Crippen LogP contribution in [-0.2, 0) is 0 Å². The van der Waals surface area contributed by atoms with E-state index in [-0.39, 0.29) is 11.2 Å². The maximum absolute atomic E-state index is 11.3. The van der Waals surface area contributed by atoms with E-state index in [9.17, 15) is 9.90 Å². The molecule has 106 valence electrons. The fraction of sp³-hybridized carbons (Fsp3) is 0.625. The van der Waals surface area contributed by atoms with Gasteiger partial charge in [-0.2, -0.15) is 0 Å². The number of hydrogen-bond acceptors (Lipinski definition) is 3. The average molecular weight is 273 g/mol. The summed E-state index contributed by atoms with van der Waals surface area (Å²) in [6.45, 7) is 0. The molecule has 4 nitrogen and oxygen atoms in total. The molecular formula is C16H19NO3. The van der Waals surface area contributed by atoms with Gasteiger partial charge in [0.2, 0.25) is 0 Å². The summed E-state index contributed by atoms with van der Waals surface area (Å²) >= 11 is 0. The van der Waals surface area contributed by atoms with Gasteiger partial charge in [-0.3, -0.25) is 4.98 Å². The summed E-state index contributed by atoms with van der Waals surface area (Å²) in [6.07, 6.45) is 10.4. The number of carboxylic acids is 1. The molecule has 4 bridgehead atoms. The first-order valence-corrected chi connectivity index (χ1v) is 7.50. The number of aromatic carboxylic acids is 1. The second-order valence-corrected chi connectivity index (χ2v) is 6.88. The van der Waals surface area contributed by atoms with Crippen LogP contribution in [0.4, 0.5) is 0 Å². The van der Waals surface area contributed by atoms with E-state index in [1.807, 2.05) is 0 Å². The van der Waals surface area contributed by atoms with Gasteiger partial charge in [0, 0.05) is 6.20 Å². The molecule has 0 amide bonds. The highest BCUT2D eigenvalue weighted by Gasteiger charge is 2.52. The minimum atomic E-state index is -0.938. The summed E-state index contributed by atoms with van der Waals surface area (Å²) in [4.78, 5) is 15.3. The molecule has 4 aliphatic rings. The Bertz CT molecular complexity index is 519. The van der Waals surface area contributed by atoms with Crippen LogP contribution in [0.2, 0.25) is 0 Å². The van der Waals surface area contributed by atoms with Crippen LogP contribution in [0.1, 0.15) is 48.9 Å². The minimum Gasteiger partial charge on any atom is -0.485 e. The largest absolute Gasteiger partial charge is 0.485 e. The van der Waals surface area contributed by atoms with Gasteiger partial charge in [0.25, 0.3) is 0 Å². The standard InChI is InChI=1S/C16H19NO3/c18-15(19)13-1-2-17-9-14(13)20-16-6-10-3-11(7-16)5-12(4-10)8-16/h1-2,9-12H,3-8H2,(H,18,19). The molecule has 1 N–H and O–H groups in total. The first-order valence-electron chi connectivity index (χ1n) is 7.50. The summed E-state index contributed by atoms with van der Waals surface area (Å²) in [5.41, 5.74) is 0.109. The topological polar surface area (TPSA) is 59.4 Å². The van der Waals surface area contributed by atoms with Crippen molar-refractivity contribution in [1.82, 2.24) is 4.98 Å². The molecule has 0 saturated heterocycles. The second-order valence-electron chi connectivity index (χ2n) is 6.88. The number of rotatable bonds is 3. The van der Waals surface area contributed by atoms with Gasteiger partial charge in [-0.05, 0) is 62.3 Å². The highest BCUT2D eigenvalue weighted by atomic mass is 16.5. The van der Waals surface area contributed by atoms with Crippen LogP contribution in [-0.4, -0.2) is 21.7 Å². The SMILES string of the molecule is O=C(O)c1ccncc1OC12CC3CC(CC(C3)C1)C2. The molecule has 5 rings (SSSR count). The lowest BCUT2D eigenvalue weighted by molar-refractivity contribution is -0.108. The zero-order valence-electron chi connectivity index (χ0n) is 11.4. The Labute approximate surface area is 118 Å². The number of ether oxygens (including phenoxy) is 1. The van der Waals surface area contributed by atoms with Gasteiger partial charge >= 0.3 is 5.97 Å². The van der Waals surface area contributed by atoms with Gasteiger partial charge < -0.3 is 9.84 Å². The lowest BCUT2D eigenvalue weighted by Crippen LogP contribution is -2.53. The van der Waals surface area contributed by atoms with Gasteiger partial charge in [0.15, 0.2) is 5.75 Å². The zero-order chi connectivity index (χ0) is 13.7. The number of carbonyl (C=O) groups is 1. The normalized spacial score (nSPS) is 37.9. The van der Waals surface area contributed by atoms with Gasteiger partial charge in [-0.15, -0.1) is 0 Å². The van der Waals surface area contributed by atoms with Gasteiger partial charge in [0.1, 0.15) is 11.2 Å². The van der Waals surface area contributed by atoms with Crippen molar-refractivity contribution in [3.63, 3.8) is 0 Å². The Kier molecular flexibility index (Phi) is 2.56. The third kappa shape index (κ3) is 1.89. The second kappa shape index (κ2) is 4.21. The summed E-state index contributed by atoms with van der Waals surface area (Å²) in [7, 11) is 0. The van der Waals surface area contributed by atoms with E-state index in [1.165, 1.54) is 31.5 Å². The molecule has 20 heavy (non-hydrogen) atoms. The summed E-state index contributed by atoms with van der Waals surface area (Å²) in [6, 6.07) is 1.53. The van der Waals surface area contributed by atoms with Crippen molar-refractivity contribution in [2.24, 2.45) is 17.8 Å². The van der Waals surface area contributed by atoms with Crippen LogP contribution in [0, 0.1) is 17.8 Å². The van der Waals surface area contributed by atoms with Crippen LogP contribution in [0.3, 0.4) is 0 Å². The van der Waals surface area contributed by atoms with Crippen LogP contribution >= 0.6 is 0 Å². The first kappa shape index (κ1) is 12.2. The van der Waals surface area contributed by atoms with Crippen molar-refractivity contribution in [2.75, 3.05) is 0 Å². The van der Waals surface area contributed by atoms with Crippen molar-refractivity contribution in [2.45, 2.75) is 44.1 Å². The van der Waals surface area contributed by atoms with Crippen LogP contribution in [0.25, 0.3) is 0 Å². The van der Waals surface area contributed by atoms with E-state index in [0.717, 1.165) is 37.0 Å². The van der Waals surface area contributed by atoms with Gasteiger partial charge in [-0.25, -0.2) is 4.79 Å². The fourth-order valence-corrected chi connectivity index (χ4v) is 5.03. The molecule has 0 atom stereocenters. The van der Waals surface area contributed by atoms with E-state index in [1.54, 1.807) is 6.20 Å². The van der Waals surface area contributed by atoms with E-state index >= 15 is 0 Å². The molecule has 1 aromatic rings. The maximum Gasteiger partial charge on any atom is 0.339 e. The van der Waals surface area contributed by atoms with E-state index in [4.69, 9.17) is 4.74 Å². The maximum atomic E-state index is 11.3. The molecular weight excluding hydrogens is 254 g/mol. The van der Waals surface area contributed by atoms with Crippen LogP contribution in [0.15, 0.2) is 18.5 Å². The molecule has 4 saturated carbocycles. The van der Waals surface area contributed by atoms with Gasteiger partial charge in [-0.1, -0.05) is 0 Å². The van der Waals surface area contributed by atoms with Crippen molar-refractivity contribution >= 4 is 5.97 Å². The predicted molar refractivity (Wildman–Crippen MR) is 72.7 cm³/mol. The smallest absolute Gasteiger partial charge is 0.339 e. The molecule has 4 fully saturated rings. The molecule has 1 heterocycles. The molecule has 0 spiro atoms. The molecule has 0 radical (unpaired) electrons. The van der Waals surface area contributed by atoms with E-state index in [2.05, 4.69) is 4.98 Å². The van der Waals surface area contributed by atoms with Crippen LogP contribution in [0.5, 0.6) is 5.75 Å². The fourth-order valence-electron chi connectivity index (χ4n) is 5.03. The average Bonchev–Trinajstić information content (AvgIpc) is 2.36. The quantitative estimate of drug-likeness (QED) is 0.919. The van der Waals surface area contributed by atoms with Crippen molar-refractivity contribution in [3.05, 3.63) is 24.0 Å². The Hall–Kier alpha value is -1.58. The number of nitrogens with zero attached hydrogens (tertiary/aromatic N) is 1. The Balaban J connectivity index is 1.64. The van der Waals surface area contributed by atoms with Crippen molar-refractivity contribution in [3.8, 4) is 5.75 Å². The lowest BCUT2D eigenvalue weighted by atomic mass is 9.54. The van der Waals surface area contributed by atoms with Crippen molar-refractivity contribution < 1.29 is 14.6 Å². The Morgan fingerprint density at radius 2 is 1.80 bits per heavy atom. The number of carboxylic acid groups (broad SMARTS) is 1. The predicted octanol–water partition coefficient (Wildman–Crippen LogP) is 3.13. The Morgan fingerprint density at radius 3 is 2.35 bits per heavy atom. The molecule has 1 aromatic heterocycles. The zero-order valence-corrected chi connectivity index (χ0v) is 11.4. The molecule has 0 aromatic carbocycles. The minimum absolute atomic E-state index is 0.123. The third-order valence-corrected chi connectivity index (χ3v) is 5.32. The monoisotopic (exact) mass is 273 g/mol. The Morgan fingerprint density at radius 1 is 1.20 bits per heavy atom. The lowest BCUT2D eigenvalue weighted by Gasteiger charge is -2.56. The van der Waals surface area contributed by atoms with Crippen LogP contribution < -0.4 is 4.74 Å². The third-order valence-electron chi connectivity index (χ3n) is 5.32. The number of pyridine rings is 1. The van der Waals surface area contributed by atoms with Crippen molar-refractivity contribution in [1.29, 1.82) is 0 Å². The molecule has 0 aliphatic heterocycles. The molecule has 4 heteroatoms. The number of hydrogen-bond donors (Lipinski definition) is 1. The number of aromatic nitrogens is 1. The highest BCUT2D eigenvalue weighted by molar-refractivity contribution is 5.90. The van der Waals surface area contributed by atoms with E-state index in [0.29, 0.717) is 5.75 Å². The summed E-state index contributed by atoms with van der Waals surface area (Å²) in [5.74, 6) is 1.86. The first-order chi connectivity index (χ1) is 9.63. The van der Waals surface area contributed by atoms with E-state index < -0.39 is 5.97 Å². The summed E-state index contributed by atoms with van der Waals surface area (Å²) in [5, 5.41) is 9.27.